The lowest BCUT2D eigenvalue weighted by Crippen LogP contribution is -2.60. The molecule has 2 aromatic rings. The molecule has 30 heavy (non-hydrogen) atoms. The molecule has 2 saturated heterocycles. The van der Waals surface area contributed by atoms with Gasteiger partial charge in [0.05, 0.1) is 11.7 Å². The number of carbonyl (C=O) groups is 1. The van der Waals surface area contributed by atoms with Crippen LogP contribution in [0.2, 0.25) is 0 Å². The molecule has 4 rings (SSSR count). The molecule has 0 saturated carbocycles. The zero-order valence-corrected chi connectivity index (χ0v) is 17.2. The summed E-state index contributed by atoms with van der Waals surface area (Å²) in [4.78, 5) is 21.4. The fraction of sp³-hybridized carbons (Fsp3) is 0.545. The quantitative estimate of drug-likeness (QED) is 0.810. The highest BCUT2D eigenvalue weighted by Crippen LogP contribution is 2.40. The number of aliphatic hydroxyl groups is 1. The maximum Gasteiger partial charge on any atom is 0.222 e. The Morgan fingerprint density at radius 1 is 1.33 bits per heavy atom. The third-order valence-corrected chi connectivity index (χ3v) is 6.38. The molecule has 1 amide bonds. The molecule has 0 unspecified atom stereocenters. The van der Waals surface area contributed by atoms with E-state index < -0.39 is 6.10 Å². The summed E-state index contributed by atoms with van der Waals surface area (Å²) >= 11 is 0. The van der Waals surface area contributed by atoms with E-state index in [1.165, 1.54) is 0 Å². The largest absolute Gasteiger partial charge is 0.392 e. The minimum atomic E-state index is -0.424. The Hall–Kier alpha value is -2.92. The fourth-order valence-electron chi connectivity index (χ4n) is 4.74. The van der Waals surface area contributed by atoms with Crippen molar-refractivity contribution >= 4 is 11.7 Å². The van der Waals surface area contributed by atoms with Crippen molar-refractivity contribution in [2.24, 2.45) is 5.41 Å². The number of likely N-dealkylation sites (tertiary alicyclic amines) is 1. The molecule has 0 radical (unpaired) electrons. The van der Waals surface area contributed by atoms with Crippen LogP contribution in [0.15, 0.2) is 36.8 Å². The first-order valence-electron chi connectivity index (χ1n) is 10.6. The Balaban J connectivity index is 1.39. The number of anilines is 1. The van der Waals surface area contributed by atoms with E-state index in [1.807, 2.05) is 27.9 Å². The number of nitriles is 1. The summed E-state index contributed by atoms with van der Waals surface area (Å²) in [6, 6.07) is 7.62. The Labute approximate surface area is 176 Å². The van der Waals surface area contributed by atoms with Gasteiger partial charge in [0, 0.05) is 63.2 Å². The van der Waals surface area contributed by atoms with Gasteiger partial charge in [0.1, 0.15) is 11.9 Å². The summed E-state index contributed by atoms with van der Waals surface area (Å²) in [5.74, 6) is 0.977. The van der Waals surface area contributed by atoms with Gasteiger partial charge in [-0.2, -0.15) is 10.4 Å². The lowest BCUT2D eigenvalue weighted by atomic mass is 9.71. The molecule has 0 bridgehead atoms. The van der Waals surface area contributed by atoms with Gasteiger partial charge in [0.15, 0.2) is 0 Å². The van der Waals surface area contributed by atoms with Crippen LogP contribution < -0.4 is 4.90 Å². The topological polar surface area (TPSA) is 98.3 Å². The van der Waals surface area contributed by atoms with E-state index >= 15 is 0 Å². The van der Waals surface area contributed by atoms with Crippen molar-refractivity contribution in [2.45, 2.75) is 44.8 Å². The summed E-state index contributed by atoms with van der Waals surface area (Å²) in [5, 5.41) is 24.1. The van der Waals surface area contributed by atoms with E-state index in [9.17, 15) is 9.90 Å². The molecule has 4 heterocycles. The maximum atomic E-state index is 12.8. The van der Waals surface area contributed by atoms with Crippen molar-refractivity contribution in [1.29, 1.82) is 5.26 Å². The van der Waals surface area contributed by atoms with Crippen LogP contribution in [0.3, 0.4) is 0 Å². The maximum absolute atomic E-state index is 12.8. The number of carbonyl (C=O) groups excluding carboxylic acids is 1. The SMILES string of the molecule is N#Cc1ccc(N2CC[C@@H](O)[C@]3(CCCN(C(=O)CCCn4cccn4)C3)C2)nc1. The summed E-state index contributed by atoms with van der Waals surface area (Å²) in [6.07, 6.45) is 8.52. The Morgan fingerprint density at radius 3 is 2.97 bits per heavy atom. The average molecular weight is 409 g/mol. The molecule has 2 fully saturated rings. The van der Waals surface area contributed by atoms with Gasteiger partial charge in [-0.25, -0.2) is 4.98 Å². The molecule has 2 aromatic heterocycles. The number of aliphatic hydroxyl groups excluding tert-OH is 1. The molecule has 8 heteroatoms. The molecule has 8 nitrogen and oxygen atoms in total. The molecule has 0 aromatic carbocycles. The van der Waals surface area contributed by atoms with E-state index in [1.54, 1.807) is 18.5 Å². The fourth-order valence-corrected chi connectivity index (χ4v) is 4.74. The van der Waals surface area contributed by atoms with Gasteiger partial charge in [-0.3, -0.25) is 9.48 Å². The van der Waals surface area contributed by atoms with Gasteiger partial charge in [0.2, 0.25) is 5.91 Å². The number of rotatable bonds is 5. The number of aryl methyl sites for hydroxylation is 1. The third-order valence-electron chi connectivity index (χ3n) is 6.38. The second-order valence-electron chi connectivity index (χ2n) is 8.40. The van der Waals surface area contributed by atoms with Crippen LogP contribution in [0.5, 0.6) is 0 Å². The first-order valence-corrected chi connectivity index (χ1v) is 10.6. The Morgan fingerprint density at radius 2 is 2.23 bits per heavy atom. The minimum Gasteiger partial charge on any atom is -0.392 e. The van der Waals surface area contributed by atoms with Crippen LogP contribution in [0, 0.1) is 16.7 Å². The second-order valence-corrected chi connectivity index (χ2v) is 8.40. The van der Waals surface area contributed by atoms with Crippen molar-refractivity contribution in [3.8, 4) is 6.07 Å². The number of nitrogens with zero attached hydrogens (tertiary/aromatic N) is 6. The zero-order valence-electron chi connectivity index (χ0n) is 17.2. The summed E-state index contributed by atoms with van der Waals surface area (Å²) in [7, 11) is 0. The standard InChI is InChI=1S/C22H28N6O2/c23-14-18-5-6-20(24-15-18)26-13-7-19(29)22(16-26)8-2-10-27(17-22)21(30)4-1-11-28-12-3-9-25-28/h3,5-6,9,12,15,19,29H,1-2,4,7-8,10-11,13,16-17H2/t19-,22-/m1/s1. The summed E-state index contributed by atoms with van der Waals surface area (Å²) in [5.41, 5.74) is 0.207. The van der Waals surface area contributed by atoms with Gasteiger partial charge < -0.3 is 14.9 Å². The van der Waals surface area contributed by atoms with Gasteiger partial charge in [0.25, 0.3) is 0 Å². The van der Waals surface area contributed by atoms with Crippen molar-refractivity contribution in [3.05, 3.63) is 42.4 Å². The van der Waals surface area contributed by atoms with E-state index in [2.05, 4.69) is 21.1 Å². The van der Waals surface area contributed by atoms with E-state index in [0.717, 1.165) is 44.7 Å². The lowest BCUT2D eigenvalue weighted by Gasteiger charge is -2.51. The molecule has 2 atom stereocenters. The molecule has 158 valence electrons. The van der Waals surface area contributed by atoms with E-state index in [-0.39, 0.29) is 11.3 Å². The second kappa shape index (κ2) is 8.84. The molecule has 1 spiro atoms. The molecule has 2 aliphatic heterocycles. The van der Waals surface area contributed by atoms with Gasteiger partial charge in [-0.1, -0.05) is 0 Å². The highest BCUT2D eigenvalue weighted by molar-refractivity contribution is 5.76. The van der Waals surface area contributed by atoms with Crippen LogP contribution in [-0.2, 0) is 11.3 Å². The van der Waals surface area contributed by atoms with Crippen molar-refractivity contribution < 1.29 is 9.90 Å². The number of aromatic nitrogens is 3. The van der Waals surface area contributed by atoms with Crippen molar-refractivity contribution in [2.75, 3.05) is 31.1 Å². The molecule has 1 N–H and O–H groups in total. The first-order chi connectivity index (χ1) is 14.6. The molecule has 2 aliphatic rings. The average Bonchev–Trinajstić information content (AvgIpc) is 3.29. The number of hydrogen-bond acceptors (Lipinski definition) is 6. The van der Waals surface area contributed by atoms with Crippen LogP contribution in [-0.4, -0.2) is 63.0 Å². The third kappa shape index (κ3) is 4.31. The number of hydrogen-bond donors (Lipinski definition) is 1. The lowest BCUT2D eigenvalue weighted by molar-refractivity contribution is -0.138. The van der Waals surface area contributed by atoms with E-state index in [0.29, 0.717) is 31.5 Å². The normalized spacial score (nSPS) is 24.1. The monoisotopic (exact) mass is 408 g/mol. The van der Waals surface area contributed by atoms with Crippen LogP contribution >= 0.6 is 0 Å². The van der Waals surface area contributed by atoms with Crippen molar-refractivity contribution in [1.82, 2.24) is 19.7 Å². The smallest absolute Gasteiger partial charge is 0.222 e. The minimum absolute atomic E-state index is 0.155. The molecular formula is C22H28N6O2. The predicted molar refractivity (Wildman–Crippen MR) is 111 cm³/mol. The summed E-state index contributed by atoms with van der Waals surface area (Å²) in [6.45, 7) is 3.47. The van der Waals surface area contributed by atoms with Crippen LogP contribution in [0.25, 0.3) is 0 Å². The summed E-state index contributed by atoms with van der Waals surface area (Å²) < 4.78 is 1.85. The highest BCUT2D eigenvalue weighted by Gasteiger charge is 2.46. The van der Waals surface area contributed by atoms with Crippen molar-refractivity contribution in [3.63, 3.8) is 0 Å². The van der Waals surface area contributed by atoms with Gasteiger partial charge >= 0.3 is 0 Å². The predicted octanol–water partition coefficient (Wildman–Crippen LogP) is 1.81. The number of pyridine rings is 1. The Kier molecular flexibility index (Phi) is 6.00. The number of amides is 1. The van der Waals surface area contributed by atoms with Crippen LogP contribution in [0.1, 0.15) is 37.7 Å². The van der Waals surface area contributed by atoms with Gasteiger partial charge in [-0.15, -0.1) is 0 Å². The van der Waals surface area contributed by atoms with E-state index in [4.69, 9.17) is 5.26 Å². The first kappa shape index (κ1) is 20.4. The molecular weight excluding hydrogens is 380 g/mol. The van der Waals surface area contributed by atoms with Crippen LogP contribution in [0.4, 0.5) is 5.82 Å². The van der Waals surface area contributed by atoms with Gasteiger partial charge in [-0.05, 0) is 43.9 Å². The molecule has 0 aliphatic carbocycles. The Bertz CT molecular complexity index is 891. The number of piperidine rings is 2. The zero-order chi connectivity index (χ0) is 21.0. The highest BCUT2D eigenvalue weighted by atomic mass is 16.3.